The molecule has 2 unspecified atom stereocenters. The van der Waals surface area contributed by atoms with Crippen LogP contribution in [0.4, 0.5) is 0 Å². The van der Waals surface area contributed by atoms with Crippen LogP contribution in [0.25, 0.3) is 0 Å². The van der Waals surface area contributed by atoms with Crippen molar-refractivity contribution < 1.29 is 38.2 Å². The van der Waals surface area contributed by atoms with Crippen LogP contribution in [0.2, 0.25) is 0 Å². The average Bonchev–Trinajstić information content (AvgIpc) is 3.12. The third-order valence-corrected chi connectivity index (χ3v) is 8.89. The summed E-state index contributed by atoms with van der Waals surface area (Å²) in [4.78, 5) is 36.7. The van der Waals surface area contributed by atoms with Gasteiger partial charge in [-0.15, -0.1) is 0 Å². The predicted molar refractivity (Wildman–Crippen MR) is 222 cm³/mol. The molecule has 8 heteroatoms. The maximum absolute atomic E-state index is 12.7. The second kappa shape index (κ2) is 36.7. The molecular weight excluding hydrogens is 679 g/mol. The van der Waals surface area contributed by atoms with Crippen LogP contribution in [0.5, 0.6) is 0 Å². The van der Waals surface area contributed by atoms with E-state index in [1.807, 2.05) is 12.2 Å². The number of carbonyl (C=O) groups excluding carboxylic acids is 3. The third kappa shape index (κ3) is 34.5. The topological polar surface area (TPSA) is 102 Å². The molecule has 0 aliphatic carbocycles. The minimum Gasteiger partial charge on any atom is -0.544 e. The number of hydrogen-bond donors (Lipinski definition) is 0. The maximum Gasteiger partial charge on any atom is 0.306 e. The van der Waals surface area contributed by atoms with Crippen LogP contribution < -0.4 is 5.11 Å². The molecule has 0 aromatic heterocycles. The van der Waals surface area contributed by atoms with Gasteiger partial charge in [0, 0.05) is 19.3 Å². The molecule has 308 valence electrons. The van der Waals surface area contributed by atoms with Crippen molar-refractivity contribution >= 4 is 17.9 Å². The third-order valence-electron chi connectivity index (χ3n) is 8.89. The van der Waals surface area contributed by atoms with Gasteiger partial charge in [0.2, 0.25) is 0 Å². The first-order chi connectivity index (χ1) is 26.1. The van der Waals surface area contributed by atoms with E-state index < -0.39 is 18.1 Å². The molecule has 0 N–H and O–H groups in total. The van der Waals surface area contributed by atoms with Gasteiger partial charge in [-0.1, -0.05) is 138 Å². The number of rotatable bonds is 36. The van der Waals surface area contributed by atoms with Gasteiger partial charge < -0.3 is 28.6 Å². The van der Waals surface area contributed by atoms with Crippen molar-refractivity contribution in [3.8, 4) is 0 Å². The Morgan fingerprint density at radius 1 is 0.593 bits per heavy atom. The van der Waals surface area contributed by atoms with Gasteiger partial charge in [-0.05, 0) is 64.2 Å². The molecule has 0 aromatic rings. The number of aliphatic carboxylic acids is 1. The number of nitrogens with zero attached hydrogens (tertiary/aromatic N) is 1. The highest BCUT2D eigenvalue weighted by molar-refractivity contribution is 5.70. The smallest absolute Gasteiger partial charge is 0.306 e. The van der Waals surface area contributed by atoms with Gasteiger partial charge >= 0.3 is 11.9 Å². The number of hydrogen-bond acceptors (Lipinski definition) is 7. The van der Waals surface area contributed by atoms with E-state index >= 15 is 0 Å². The summed E-state index contributed by atoms with van der Waals surface area (Å²) in [5, 5.41) is 11.6. The monoisotopic (exact) mass is 756 g/mol. The lowest BCUT2D eigenvalue weighted by Gasteiger charge is -2.34. The molecule has 0 fully saturated rings. The normalized spacial score (nSPS) is 13.7. The molecule has 0 saturated carbocycles. The number of unbranched alkanes of at least 4 members (excludes halogenated alkanes) is 12. The van der Waals surface area contributed by atoms with E-state index in [-0.39, 0.29) is 55.5 Å². The summed E-state index contributed by atoms with van der Waals surface area (Å²) in [6, 6.07) is -0.739. The number of carboxylic acids is 1. The lowest BCUT2D eigenvalue weighted by Crippen LogP contribution is -2.55. The lowest BCUT2D eigenvalue weighted by molar-refractivity contribution is -0.889. The number of carboxylic acid groups (broad SMARTS) is 1. The van der Waals surface area contributed by atoms with Crippen molar-refractivity contribution in [1.82, 2.24) is 0 Å². The first-order valence-corrected chi connectivity index (χ1v) is 21.0. The minimum absolute atomic E-state index is 0.0126. The molecule has 0 aliphatic heterocycles. The molecule has 0 bridgehead atoms. The molecule has 0 rings (SSSR count). The second-order valence-corrected chi connectivity index (χ2v) is 14.9. The molecule has 0 radical (unpaired) electrons. The van der Waals surface area contributed by atoms with E-state index in [1.165, 1.54) is 44.9 Å². The van der Waals surface area contributed by atoms with Gasteiger partial charge in [0.05, 0.1) is 40.3 Å². The maximum atomic E-state index is 12.7. The van der Waals surface area contributed by atoms with E-state index in [2.05, 4.69) is 74.6 Å². The number of likely N-dealkylation sites (N-methyl/N-ethyl adjacent to an activating group) is 1. The Morgan fingerprint density at radius 2 is 1.13 bits per heavy atom. The molecule has 0 spiro atoms. The van der Waals surface area contributed by atoms with Gasteiger partial charge in [-0.3, -0.25) is 9.59 Å². The van der Waals surface area contributed by atoms with Crippen LogP contribution in [0.1, 0.15) is 149 Å². The molecule has 0 heterocycles. The summed E-state index contributed by atoms with van der Waals surface area (Å²) in [5.41, 5.74) is 0. The molecule has 54 heavy (non-hydrogen) atoms. The van der Waals surface area contributed by atoms with Crippen LogP contribution in [0.15, 0.2) is 72.9 Å². The Labute approximate surface area is 330 Å². The second-order valence-electron chi connectivity index (χ2n) is 14.9. The van der Waals surface area contributed by atoms with E-state index in [4.69, 9.17) is 14.2 Å². The van der Waals surface area contributed by atoms with Gasteiger partial charge in [0.15, 0.2) is 6.10 Å². The number of esters is 2. The summed E-state index contributed by atoms with van der Waals surface area (Å²) in [5.74, 6) is -1.84. The Morgan fingerprint density at radius 3 is 1.74 bits per heavy atom. The molecule has 0 aliphatic rings. The standard InChI is InChI=1S/C46H77NO7/c1-6-8-10-12-14-16-18-20-21-22-23-25-26-28-30-32-34-36-44(48)53-41-42(40-52-39-38-43(46(50)51)47(3,4)5)54-45(49)37-35-33-31-29-27-24-19-17-15-13-11-9-7-2/h9,11,13,15,17,19-21,23,25,28,30,42-43H,6-8,10,12,14,16,18,22,24,26-27,29,31-41H2,1-5H3/b11-9+,15-13+,19-17+,21-20+,25-23+,30-28+. The highest BCUT2D eigenvalue weighted by Crippen LogP contribution is 2.12. The molecule has 2 atom stereocenters. The van der Waals surface area contributed by atoms with Crippen LogP contribution in [0, 0.1) is 0 Å². The van der Waals surface area contributed by atoms with Gasteiger partial charge in [0.25, 0.3) is 0 Å². The van der Waals surface area contributed by atoms with Crippen LogP contribution in [0.3, 0.4) is 0 Å². The highest BCUT2D eigenvalue weighted by atomic mass is 16.6. The Balaban J connectivity index is 4.49. The quantitative estimate of drug-likeness (QED) is 0.0206. The summed E-state index contributed by atoms with van der Waals surface area (Å²) in [6.07, 6.45) is 45.1. The van der Waals surface area contributed by atoms with Crippen molar-refractivity contribution in [3.05, 3.63) is 72.9 Å². The highest BCUT2D eigenvalue weighted by Gasteiger charge is 2.25. The summed E-state index contributed by atoms with van der Waals surface area (Å²) in [6.45, 7) is 4.42. The number of carbonyl (C=O) groups is 3. The average molecular weight is 756 g/mol. The summed E-state index contributed by atoms with van der Waals surface area (Å²) >= 11 is 0. The van der Waals surface area contributed by atoms with Crippen molar-refractivity contribution in [3.63, 3.8) is 0 Å². The van der Waals surface area contributed by atoms with Gasteiger partial charge in [0.1, 0.15) is 12.6 Å². The van der Waals surface area contributed by atoms with E-state index in [9.17, 15) is 19.5 Å². The van der Waals surface area contributed by atoms with Crippen LogP contribution >= 0.6 is 0 Å². The molecule has 0 saturated heterocycles. The van der Waals surface area contributed by atoms with Crippen molar-refractivity contribution in [2.75, 3.05) is 41.0 Å². The molecule has 0 aromatic carbocycles. The zero-order chi connectivity index (χ0) is 40.0. The van der Waals surface area contributed by atoms with Gasteiger partial charge in [-0.2, -0.15) is 0 Å². The number of quaternary nitrogens is 1. The fraction of sp³-hybridized carbons (Fsp3) is 0.674. The molecular formula is C46H77NO7. The van der Waals surface area contributed by atoms with Crippen LogP contribution in [-0.4, -0.2) is 75.5 Å². The zero-order valence-corrected chi connectivity index (χ0v) is 34.9. The number of allylic oxidation sites excluding steroid dienone is 12. The Hall–Kier alpha value is -3.23. The fourth-order valence-corrected chi connectivity index (χ4v) is 5.61. The van der Waals surface area contributed by atoms with Gasteiger partial charge in [-0.25, -0.2) is 0 Å². The number of ether oxygens (including phenoxy) is 3. The lowest BCUT2D eigenvalue weighted by atomic mass is 10.1. The van der Waals surface area contributed by atoms with E-state index in [1.54, 1.807) is 21.1 Å². The van der Waals surface area contributed by atoms with E-state index in [0.29, 0.717) is 6.42 Å². The Bertz CT molecular complexity index is 1110. The van der Waals surface area contributed by atoms with E-state index in [0.717, 1.165) is 64.2 Å². The minimum atomic E-state index is -1.14. The summed E-state index contributed by atoms with van der Waals surface area (Å²) in [7, 11) is 5.37. The Kier molecular flexibility index (Phi) is 34.5. The van der Waals surface area contributed by atoms with Crippen molar-refractivity contribution in [1.29, 1.82) is 0 Å². The molecule has 8 nitrogen and oxygen atoms in total. The van der Waals surface area contributed by atoms with Crippen LogP contribution in [-0.2, 0) is 28.6 Å². The first-order valence-electron chi connectivity index (χ1n) is 21.0. The first kappa shape index (κ1) is 50.8. The molecule has 0 amide bonds. The summed E-state index contributed by atoms with van der Waals surface area (Å²) < 4.78 is 17.0. The predicted octanol–water partition coefficient (Wildman–Crippen LogP) is 9.85. The van der Waals surface area contributed by atoms with Crippen molar-refractivity contribution in [2.45, 2.75) is 161 Å². The largest absolute Gasteiger partial charge is 0.544 e. The fourth-order valence-electron chi connectivity index (χ4n) is 5.61. The zero-order valence-electron chi connectivity index (χ0n) is 34.9. The SMILES string of the molecule is CC/C=C/C=C/C=C/CCCCCCCC(=O)OC(COCCC(C(=O)[O-])[N+](C)(C)C)COC(=O)CCC/C=C/C/C=C/C/C=C/CCCCCCCC. The van der Waals surface area contributed by atoms with Crippen molar-refractivity contribution in [2.24, 2.45) is 0 Å².